The van der Waals surface area contributed by atoms with Crippen LogP contribution in [0.4, 0.5) is 0 Å². The van der Waals surface area contributed by atoms with Gasteiger partial charge in [-0.25, -0.2) is 0 Å². The Kier molecular flexibility index (Phi) is 3.60. The van der Waals surface area contributed by atoms with E-state index in [1.165, 1.54) is 5.56 Å². The molecule has 0 N–H and O–H groups in total. The third kappa shape index (κ3) is 2.73. The van der Waals surface area contributed by atoms with Gasteiger partial charge >= 0.3 is 0 Å². The number of ether oxygens (including phenoxy) is 2. The molecular weight excluding hydrogens is 216 g/mol. The zero-order chi connectivity index (χ0) is 12.4. The highest BCUT2D eigenvalue weighted by molar-refractivity contribution is 5.99. The van der Waals surface area contributed by atoms with Crippen LogP contribution in [0.5, 0.6) is 0 Å². The number of hydrogen-bond donors (Lipinski definition) is 0. The maximum atomic E-state index is 12.1. The SMILES string of the molecule is Cc1cc(C)c(C(=O)COC2COC2)c(C)c1. The molecule has 17 heavy (non-hydrogen) atoms. The largest absolute Gasteiger partial charge is 0.376 e. The van der Waals surface area contributed by atoms with Gasteiger partial charge in [0, 0.05) is 5.56 Å². The van der Waals surface area contributed by atoms with Gasteiger partial charge in [-0.15, -0.1) is 0 Å². The highest BCUT2D eigenvalue weighted by Crippen LogP contribution is 2.17. The molecule has 1 aliphatic rings. The predicted molar refractivity (Wildman–Crippen MR) is 65.5 cm³/mol. The van der Waals surface area contributed by atoms with Gasteiger partial charge in [0.15, 0.2) is 5.78 Å². The molecule has 1 aromatic carbocycles. The molecule has 92 valence electrons. The third-order valence-electron chi connectivity index (χ3n) is 3.01. The van der Waals surface area contributed by atoms with Crippen molar-refractivity contribution in [1.29, 1.82) is 0 Å². The molecule has 1 heterocycles. The minimum absolute atomic E-state index is 0.0619. The van der Waals surface area contributed by atoms with Gasteiger partial charge in [0.25, 0.3) is 0 Å². The summed E-state index contributed by atoms with van der Waals surface area (Å²) in [6.45, 7) is 7.35. The predicted octanol–water partition coefficient (Wildman–Crippen LogP) is 2.21. The summed E-state index contributed by atoms with van der Waals surface area (Å²) in [5.74, 6) is 0.0619. The number of Topliss-reactive ketones (excluding diaryl/α,β-unsaturated/α-hetero) is 1. The Morgan fingerprint density at radius 3 is 2.35 bits per heavy atom. The molecule has 1 aromatic rings. The van der Waals surface area contributed by atoms with Crippen LogP contribution < -0.4 is 0 Å². The molecule has 3 nitrogen and oxygen atoms in total. The zero-order valence-corrected chi connectivity index (χ0v) is 10.6. The van der Waals surface area contributed by atoms with E-state index in [0.29, 0.717) is 13.2 Å². The van der Waals surface area contributed by atoms with Crippen molar-refractivity contribution >= 4 is 5.78 Å². The standard InChI is InChI=1S/C14H18O3/c1-9-4-10(2)14(11(3)5-9)13(15)8-17-12-6-16-7-12/h4-5,12H,6-8H2,1-3H3. The molecule has 0 aromatic heterocycles. The molecule has 2 rings (SSSR count). The third-order valence-corrected chi connectivity index (χ3v) is 3.01. The Morgan fingerprint density at radius 2 is 1.88 bits per heavy atom. The molecule has 0 spiro atoms. The van der Waals surface area contributed by atoms with Crippen molar-refractivity contribution in [2.24, 2.45) is 0 Å². The molecule has 0 bridgehead atoms. The molecule has 1 saturated heterocycles. The summed E-state index contributed by atoms with van der Waals surface area (Å²) in [6.07, 6.45) is 0.102. The fraction of sp³-hybridized carbons (Fsp3) is 0.500. The Bertz CT molecular complexity index is 410. The minimum Gasteiger partial charge on any atom is -0.376 e. The molecule has 1 fully saturated rings. The van der Waals surface area contributed by atoms with Crippen LogP contribution in [0.2, 0.25) is 0 Å². The Labute approximate surface area is 102 Å². The van der Waals surface area contributed by atoms with E-state index in [0.717, 1.165) is 16.7 Å². The second-order valence-electron chi connectivity index (χ2n) is 4.67. The van der Waals surface area contributed by atoms with Gasteiger partial charge in [-0.1, -0.05) is 17.7 Å². The van der Waals surface area contributed by atoms with Gasteiger partial charge in [-0.05, 0) is 31.9 Å². The first-order valence-electron chi connectivity index (χ1n) is 5.88. The van der Waals surface area contributed by atoms with Crippen LogP contribution in [0.1, 0.15) is 27.0 Å². The topological polar surface area (TPSA) is 35.5 Å². The Morgan fingerprint density at radius 1 is 1.29 bits per heavy atom. The Balaban J connectivity index is 2.07. The van der Waals surface area contributed by atoms with E-state index < -0.39 is 0 Å². The average molecular weight is 234 g/mol. The summed E-state index contributed by atoms with van der Waals surface area (Å²) < 4.78 is 10.5. The first-order valence-corrected chi connectivity index (χ1v) is 5.88. The van der Waals surface area contributed by atoms with E-state index in [1.54, 1.807) is 0 Å². The van der Waals surface area contributed by atoms with E-state index in [1.807, 2.05) is 32.9 Å². The summed E-state index contributed by atoms with van der Waals surface area (Å²) >= 11 is 0. The van der Waals surface area contributed by atoms with Crippen LogP contribution in [-0.2, 0) is 9.47 Å². The zero-order valence-electron chi connectivity index (χ0n) is 10.6. The number of benzene rings is 1. The summed E-state index contributed by atoms with van der Waals surface area (Å²) in [4.78, 5) is 12.1. The van der Waals surface area contributed by atoms with Crippen molar-refractivity contribution in [1.82, 2.24) is 0 Å². The lowest BCUT2D eigenvalue weighted by molar-refractivity contribution is -0.123. The molecule has 0 unspecified atom stereocenters. The molecule has 0 amide bonds. The molecule has 3 heteroatoms. The minimum atomic E-state index is 0.0619. The summed E-state index contributed by atoms with van der Waals surface area (Å²) in [5.41, 5.74) is 4.04. The van der Waals surface area contributed by atoms with Crippen LogP contribution in [0.3, 0.4) is 0 Å². The van der Waals surface area contributed by atoms with E-state index in [9.17, 15) is 4.79 Å². The fourth-order valence-corrected chi connectivity index (χ4v) is 2.20. The van der Waals surface area contributed by atoms with Gasteiger partial charge < -0.3 is 9.47 Å². The van der Waals surface area contributed by atoms with Gasteiger partial charge in [-0.3, -0.25) is 4.79 Å². The molecule has 0 saturated carbocycles. The first-order chi connectivity index (χ1) is 8.08. The van der Waals surface area contributed by atoms with Gasteiger partial charge in [-0.2, -0.15) is 0 Å². The van der Waals surface area contributed by atoms with E-state index in [-0.39, 0.29) is 18.5 Å². The molecular formula is C14H18O3. The van der Waals surface area contributed by atoms with Crippen molar-refractivity contribution in [3.63, 3.8) is 0 Å². The van der Waals surface area contributed by atoms with Crippen molar-refractivity contribution in [3.8, 4) is 0 Å². The normalized spacial score (nSPS) is 15.7. The fourth-order valence-electron chi connectivity index (χ4n) is 2.20. The first kappa shape index (κ1) is 12.3. The summed E-state index contributed by atoms with van der Waals surface area (Å²) in [6, 6.07) is 4.07. The highest BCUT2D eigenvalue weighted by atomic mass is 16.6. The monoisotopic (exact) mass is 234 g/mol. The second kappa shape index (κ2) is 4.98. The number of ketones is 1. The Hall–Kier alpha value is -1.19. The van der Waals surface area contributed by atoms with E-state index >= 15 is 0 Å². The van der Waals surface area contributed by atoms with E-state index in [2.05, 4.69) is 0 Å². The molecule has 1 aliphatic heterocycles. The van der Waals surface area contributed by atoms with Crippen LogP contribution in [0.25, 0.3) is 0 Å². The van der Waals surface area contributed by atoms with Crippen LogP contribution in [0.15, 0.2) is 12.1 Å². The van der Waals surface area contributed by atoms with Gasteiger partial charge in [0.1, 0.15) is 12.7 Å². The lowest BCUT2D eigenvalue weighted by atomic mass is 9.97. The maximum absolute atomic E-state index is 12.1. The molecule has 0 atom stereocenters. The maximum Gasteiger partial charge on any atom is 0.189 e. The summed E-state index contributed by atoms with van der Waals surface area (Å²) in [7, 11) is 0. The van der Waals surface area contributed by atoms with Gasteiger partial charge in [0.05, 0.1) is 13.2 Å². The number of carbonyl (C=O) groups excluding carboxylic acids is 1. The highest BCUT2D eigenvalue weighted by Gasteiger charge is 2.21. The second-order valence-corrected chi connectivity index (χ2v) is 4.67. The van der Waals surface area contributed by atoms with Crippen molar-refractivity contribution in [2.45, 2.75) is 26.9 Å². The van der Waals surface area contributed by atoms with E-state index in [4.69, 9.17) is 9.47 Å². The molecule has 0 radical (unpaired) electrons. The average Bonchev–Trinajstić information content (AvgIpc) is 2.13. The number of aryl methyl sites for hydroxylation is 3. The number of carbonyl (C=O) groups is 1. The van der Waals surface area contributed by atoms with Crippen LogP contribution >= 0.6 is 0 Å². The van der Waals surface area contributed by atoms with Crippen molar-refractivity contribution in [3.05, 3.63) is 34.4 Å². The quantitative estimate of drug-likeness (QED) is 0.749. The lowest BCUT2D eigenvalue weighted by Crippen LogP contribution is -2.37. The smallest absolute Gasteiger partial charge is 0.189 e. The summed E-state index contributed by atoms with van der Waals surface area (Å²) in [5, 5.41) is 0. The van der Waals surface area contributed by atoms with Gasteiger partial charge in [0.2, 0.25) is 0 Å². The van der Waals surface area contributed by atoms with Crippen LogP contribution in [-0.4, -0.2) is 31.7 Å². The van der Waals surface area contributed by atoms with Crippen molar-refractivity contribution < 1.29 is 14.3 Å². The molecule has 0 aliphatic carbocycles. The van der Waals surface area contributed by atoms with Crippen molar-refractivity contribution in [2.75, 3.05) is 19.8 Å². The number of rotatable bonds is 4. The lowest BCUT2D eigenvalue weighted by Gasteiger charge is -2.25. The number of hydrogen-bond acceptors (Lipinski definition) is 3. The van der Waals surface area contributed by atoms with Crippen LogP contribution in [0, 0.1) is 20.8 Å².